The van der Waals surface area contributed by atoms with E-state index < -0.39 is 0 Å². The van der Waals surface area contributed by atoms with E-state index in [1.807, 2.05) is 54.3 Å². The average Bonchev–Trinajstić information content (AvgIpc) is 2.71. The molecule has 2 aromatic rings. The molecular weight excluding hydrogens is 342 g/mol. The largest absolute Gasteiger partial charge is 0.497 e. The quantitative estimate of drug-likeness (QED) is 0.753. The third kappa shape index (κ3) is 3.92. The number of hydrogen-bond acceptors (Lipinski definition) is 4. The number of fused-ring (bicyclic) bond motifs is 1. The van der Waals surface area contributed by atoms with E-state index in [1.165, 1.54) is 5.56 Å². The fourth-order valence-electron chi connectivity index (χ4n) is 3.42. The van der Waals surface area contributed by atoms with Crippen molar-refractivity contribution in [2.45, 2.75) is 19.4 Å². The van der Waals surface area contributed by atoms with Gasteiger partial charge in [0.15, 0.2) is 11.5 Å². The summed E-state index contributed by atoms with van der Waals surface area (Å²) in [5.74, 6) is 2.21. The minimum atomic E-state index is -0.0263. The van der Waals surface area contributed by atoms with Gasteiger partial charge in [-0.1, -0.05) is 12.1 Å². The van der Waals surface area contributed by atoms with Gasteiger partial charge in [0.25, 0.3) is 0 Å². The monoisotopic (exact) mass is 367 g/mol. The van der Waals surface area contributed by atoms with Crippen molar-refractivity contribution in [3.05, 3.63) is 59.2 Å². The van der Waals surface area contributed by atoms with E-state index in [0.717, 1.165) is 29.0 Å². The number of carbonyl (C=O) groups excluding carboxylic acids is 1. The maximum atomic E-state index is 12.8. The van der Waals surface area contributed by atoms with Crippen LogP contribution in [-0.2, 0) is 11.2 Å². The van der Waals surface area contributed by atoms with Crippen LogP contribution >= 0.6 is 0 Å². The lowest BCUT2D eigenvalue weighted by atomic mass is 9.92. The average molecular weight is 367 g/mol. The summed E-state index contributed by atoms with van der Waals surface area (Å²) in [4.78, 5) is 14.6. The molecule has 0 N–H and O–H groups in total. The lowest BCUT2D eigenvalue weighted by Crippen LogP contribution is -2.37. The molecule has 3 rings (SSSR count). The Morgan fingerprint density at radius 2 is 1.70 bits per heavy atom. The van der Waals surface area contributed by atoms with Crippen molar-refractivity contribution in [2.75, 3.05) is 27.9 Å². The van der Waals surface area contributed by atoms with Crippen LogP contribution in [0.15, 0.2) is 42.5 Å². The number of methoxy groups -OCH3 is 3. The molecule has 0 bridgehead atoms. The van der Waals surface area contributed by atoms with Crippen LogP contribution in [0.1, 0.15) is 29.7 Å². The molecule has 0 aliphatic carbocycles. The normalized spacial score (nSPS) is 16.1. The first kappa shape index (κ1) is 18.8. The zero-order chi connectivity index (χ0) is 19.4. The van der Waals surface area contributed by atoms with Gasteiger partial charge in [0.1, 0.15) is 5.75 Å². The minimum absolute atomic E-state index is 0.00115. The molecular formula is C22H25NO4. The Hall–Kier alpha value is -2.95. The van der Waals surface area contributed by atoms with Crippen LogP contribution in [0.5, 0.6) is 17.2 Å². The summed E-state index contributed by atoms with van der Waals surface area (Å²) in [6, 6.07) is 11.6. The maximum absolute atomic E-state index is 12.8. The molecule has 1 unspecified atom stereocenters. The van der Waals surface area contributed by atoms with E-state index in [4.69, 9.17) is 14.2 Å². The van der Waals surface area contributed by atoms with Crippen LogP contribution in [0.3, 0.4) is 0 Å². The summed E-state index contributed by atoms with van der Waals surface area (Å²) < 4.78 is 16.0. The standard InChI is InChI=1S/C22H25NO4/c1-15-19-14-21(27-4)20(26-3)13-17(19)11-12-23(15)22(24)10-7-16-5-8-18(25-2)9-6-16/h5-10,13-15H,11-12H2,1-4H3/b10-7+. The van der Waals surface area contributed by atoms with Gasteiger partial charge in [-0.25, -0.2) is 0 Å². The molecule has 0 saturated heterocycles. The highest BCUT2D eigenvalue weighted by atomic mass is 16.5. The number of carbonyl (C=O) groups is 1. The minimum Gasteiger partial charge on any atom is -0.497 e. The van der Waals surface area contributed by atoms with Crippen molar-refractivity contribution in [1.82, 2.24) is 4.90 Å². The molecule has 0 radical (unpaired) electrons. The van der Waals surface area contributed by atoms with Crippen LogP contribution in [0.2, 0.25) is 0 Å². The summed E-state index contributed by atoms with van der Waals surface area (Å²) >= 11 is 0. The molecule has 1 aliphatic rings. The van der Waals surface area contributed by atoms with Crippen molar-refractivity contribution in [1.29, 1.82) is 0 Å². The number of hydrogen-bond donors (Lipinski definition) is 0. The first-order valence-electron chi connectivity index (χ1n) is 8.95. The van der Waals surface area contributed by atoms with Crippen molar-refractivity contribution in [2.24, 2.45) is 0 Å². The van der Waals surface area contributed by atoms with Crippen LogP contribution in [0.4, 0.5) is 0 Å². The molecule has 0 spiro atoms. The number of ether oxygens (including phenoxy) is 3. The number of benzene rings is 2. The predicted molar refractivity (Wildman–Crippen MR) is 105 cm³/mol. The lowest BCUT2D eigenvalue weighted by molar-refractivity contribution is -0.128. The summed E-state index contributed by atoms with van der Waals surface area (Å²) in [5.41, 5.74) is 3.26. The Labute approximate surface area is 160 Å². The second-order valence-corrected chi connectivity index (χ2v) is 6.47. The van der Waals surface area contributed by atoms with Crippen LogP contribution in [0.25, 0.3) is 6.08 Å². The van der Waals surface area contributed by atoms with Gasteiger partial charge in [-0.05, 0) is 60.4 Å². The smallest absolute Gasteiger partial charge is 0.247 e. The second-order valence-electron chi connectivity index (χ2n) is 6.47. The molecule has 142 valence electrons. The molecule has 0 fully saturated rings. The summed E-state index contributed by atoms with van der Waals surface area (Å²) in [6.07, 6.45) is 4.25. The molecule has 1 aliphatic heterocycles. The molecule has 27 heavy (non-hydrogen) atoms. The fourth-order valence-corrected chi connectivity index (χ4v) is 3.42. The zero-order valence-corrected chi connectivity index (χ0v) is 16.2. The summed E-state index contributed by atoms with van der Waals surface area (Å²) in [5, 5.41) is 0. The Kier molecular flexibility index (Phi) is 5.69. The topological polar surface area (TPSA) is 48.0 Å². The number of rotatable bonds is 5. The van der Waals surface area contributed by atoms with Gasteiger partial charge in [0.05, 0.1) is 27.4 Å². The van der Waals surface area contributed by atoms with E-state index in [-0.39, 0.29) is 11.9 Å². The van der Waals surface area contributed by atoms with Crippen LogP contribution in [-0.4, -0.2) is 38.7 Å². The molecule has 1 amide bonds. The highest BCUT2D eigenvalue weighted by molar-refractivity contribution is 5.92. The van der Waals surface area contributed by atoms with Gasteiger partial charge < -0.3 is 19.1 Å². The first-order chi connectivity index (χ1) is 13.1. The van der Waals surface area contributed by atoms with Gasteiger partial charge in [-0.3, -0.25) is 4.79 Å². The number of amides is 1. The third-order valence-electron chi connectivity index (χ3n) is 5.00. The third-order valence-corrected chi connectivity index (χ3v) is 5.00. The van der Waals surface area contributed by atoms with Gasteiger partial charge in [-0.2, -0.15) is 0 Å². The molecule has 5 nitrogen and oxygen atoms in total. The number of nitrogens with zero attached hydrogens (tertiary/aromatic N) is 1. The summed E-state index contributed by atoms with van der Waals surface area (Å²) in [6.45, 7) is 2.72. The predicted octanol–water partition coefficient (Wildman–Crippen LogP) is 3.87. The maximum Gasteiger partial charge on any atom is 0.247 e. The Morgan fingerprint density at radius 1 is 1.04 bits per heavy atom. The Bertz CT molecular complexity index is 842. The zero-order valence-electron chi connectivity index (χ0n) is 16.2. The SMILES string of the molecule is COc1ccc(/C=C/C(=O)N2CCc3cc(OC)c(OC)cc3C2C)cc1. The first-order valence-corrected chi connectivity index (χ1v) is 8.95. The molecule has 1 heterocycles. The molecule has 0 aromatic heterocycles. The van der Waals surface area contributed by atoms with Gasteiger partial charge in [-0.15, -0.1) is 0 Å². The van der Waals surface area contributed by atoms with E-state index in [1.54, 1.807) is 27.4 Å². The van der Waals surface area contributed by atoms with Gasteiger partial charge in [0, 0.05) is 12.6 Å². The lowest BCUT2D eigenvalue weighted by Gasteiger charge is -2.35. The molecule has 1 atom stereocenters. The second kappa shape index (κ2) is 8.16. The van der Waals surface area contributed by atoms with Crippen LogP contribution < -0.4 is 14.2 Å². The van der Waals surface area contributed by atoms with Crippen molar-refractivity contribution < 1.29 is 19.0 Å². The van der Waals surface area contributed by atoms with Crippen molar-refractivity contribution in [3.8, 4) is 17.2 Å². The van der Waals surface area contributed by atoms with Gasteiger partial charge in [0.2, 0.25) is 5.91 Å². The fraction of sp³-hybridized carbons (Fsp3) is 0.318. The molecule has 0 saturated carbocycles. The van der Waals surface area contributed by atoms with Gasteiger partial charge >= 0.3 is 0 Å². The Balaban J connectivity index is 1.78. The molecule has 2 aromatic carbocycles. The summed E-state index contributed by atoms with van der Waals surface area (Å²) in [7, 11) is 4.89. The van der Waals surface area contributed by atoms with Crippen molar-refractivity contribution >= 4 is 12.0 Å². The van der Waals surface area contributed by atoms with Crippen LogP contribution in [0, 0.1) is 0 Å². The van der Waals surface area contributed by atoms with E-state index in [2.05, 4.69) is 0 Å². The molecule has 5 heteroatoms. The van der Waals surface area contributed by atoms with E-state index >= 15 is 0 Å². The van der Waals surface area contributed by atoms with E-state index in [9.17, 15) is 4.79 Å². The highest BCUT2D eigenvalue weighted by Gasteiger charge is 2.28. The van der Waals surface area contributed by atoms with Crippen molar-refractivity contribution in [3.63, 3.8) is 0 Å². The highest BCUT2D eigenvalue weighted by Crippen LogP contribution is 2.37. The Morgan fingerprint density at radius 3 is 2.33 bits per heavy atom. The van der Waals surface area contributed by atoms with E-state index in [0.29, 0.717) is 12.3 Å².